The molecular formula is C7H9ClN2. The lowest BCUT2D eigenvalue weighted by molar-refractivity contribution is 0.774. The predicted molar refractivity (Wildman–Crippen MR) is 42.0 cm³/mol. The Bertz CT molecular complexity index is 217. The van der Waals surface area contributed by atoms with Crippen molar-refractivity contribution >= 4 is 11.6 Å². The van der Waals surface area contributed by atoms with Crippen molar-refractivity contribution in [3.8, 4) is 0 Å². The van der Waals surface area contributed by atoms with Gasteiger partial charge in [0.05, 0.1) is 5.88 Å². The first-order valence-electron chi connectivity index (χ1n) is 3.05. The topological polar surface area (TPSA) is 17.8 Å². The molecule has 0 amide bonds. The van der Waals surface area contributed by atoms with Crippen LogP contribution in [0.15, 0.2) is 25.0 Å². The Balaban J connectivity index is 2.79. The van der Waals surface area contributed by atoms with Crippen LogP contribution in [0.3, 0.4) is 0 Å². The molecule has 1 rings (SSSR count). The average Bonchev–Trinajstić information content (AvgIpc) is 2.36. The lowest BCUT2D eigenvalue weighted by Gasteiger charge is -1.99. The Labute approximate surface area is 65.1 Å². The monoisotopic (exact) mass is 156 g/mol. The molecule has 3 heteroatoms. The Morgan fingerprint density at radius 3 is 3.20 bits per heavy atom. The van der Waals surface area contributed by atoms with E-state index in [1.807, 2.05) is 16.8 Å². The Kier molecular flexibility index (Phi) is 2.51. The summed E-state index contributed by atoms with van der Waals surface area (Å²) >= 11 is 5.59. The molecule has 0 atom stereocenters. The van der Waals surface area contributed by atoms with E-state index in [2.05, 4.69) is 11.6 Å². The molecule has 0 radical (unpaired) electrons. The van der Waals surface area contributed by atoms with Gasteiger partial charge < -0.3 is 4.57 Å². The molecule has 1 aromatic heterocycles. The molecule has 1 heterocycles. The van der Waals surface area contributed by atoms with Gasteiger partial charge in [0.2, 0.25) is 0 Å². The fourth-order valence-electron chi connectivity index (χ4n) is 0.777. The fourth-order valence-corrected chi connectivity index (χ4v) is 0.999. The quantitative estimate of drug-likeness (QED) is 0.482. The minimum absolute atomic E-state index is 0.459. The molecule has 0 spiro atoms. The zero-order valence-corrected chi connectivity index (χ0v) is 6.38. The molecule has 0 aliphatic carbocycles. The highest BCUT2D eigenvalue weighted by Crippen LogP contribution is 2.00. The summed E-state index contributed by atoms with van der Waals surface area (Å²) in [7, 11) is 0. The minimum atomic E-state index is 0.459. The molecule has 0 unspecified atom stereocenters. The molecule has 0 aliphatic rings. The van der Waals surface area contributed by atoms with Crippen LogP contribution in [-0.2, 0) is 12.4 Å². The summed E-state index contributed by atoms with van der Waals surface area (Å²) in [6, 6.07) is 0. The zero-order chi connectivity index (χ0) is 7.40. The smallest absolute Gasteiger partial charge is 0.123 e. The number of allylic oxidation sites excluding steroid dienone is 1. The fraction of sp³-hybridized carbons (Fsp3) is 0.286. The molecule has 0 fully saturated rings. The highest BCUT2D eigenvalue weighted by molar-refractivity contribution is 6.16. The number of hydrogen-bond donors (Lipinski definition) is 0. The van der Waals surface area contributed by atoms with Crippen LogP contribution in [0, 0.1) is 0 Å². The van der Waals surface area contributed by atoms with Crippen LogP contribution in [0.1, 0.15) is 5.82 Å². The highest BCUT2D eigenvalue weighted by Gasteiger charge is 1.96. The zero-order valence-electron chi connectivity index (χ0n) is 5.63. The van der Waals surface area contributed by atoms with E-state index in [1.54, 1.807) is 6.20 Å². The van der Waals surface area contributed by atoms with Gasteiger partial charge in [-0.05, 0) is 0 Å². The first kappa shape index (κ1) is 7.35. The first-order chi connectivity index (χ1) is 4.88. The summed E-state index contributed by atoms with van der Waals surface area (Å²) in [4.78, 5) is 4.04. The summed E-state index contributed by atoms with van der Waals surface area (Å²) in [6.07, 6.45) is 5.44. The van der Waals surface area contributed by atoms with Crippen LogP contribution < -0.4 is 0 Å². The van der Waals surface area contributed by atoms with Gasteiger partial charge in [-0.2, -0.15) is 0 Å². The summed E-state index contributed by atoms with van der Waals surface area (Å²) in [6.45, 7) is 4.40. The van der Waals surface area contributed by atoms with Gasteiger partial charge in [0, 0.05) is 18.9 Å². The first-order valence-corrected chi connectivity index (χ1v) is 3.59. The van der Waals surface area contributed by atoms with Crippen LogP contribution in [0.4, 0.5) is 0 Å². The lowest BCUT2D eigenvalue weighted by atomic mass is 10.6. The van der Waals surface area contributed by atoms with Crippen molar-refractivity contribution in [3.63, 3.8) is 0 Å². The molecule has 0 bridgehead atoms. The number of rotatable bonds is 3. The second-order valence-corrected chi connectivity index (χ2v) is 2.19. The van der Waals surface area contributed by atoms with E-state index in [0.717, 1.165) is 12.4 Å². The summed E-state index contributed by atoms with van der Waals surface area (Å²) < 4.78 is 1.96. The van der Waals surface area contributed by atoms with Crippen LogP contribution in [0.2, 0.25) is 0 Å². The minimum Gasteiger partial charge on any atom is -0.330 e. The van der Waals surface area contributed by atoms with E-state index < -0.39 is 0 Å². The van der Waals surface area contributed by atoms with E-state index in [-0.39, 0.29) is 0 Å². The highest BCUT2D eigenvalue weighted by atomic mass is 35.5. The van der Waals surface area contributed by atoms with E-state index in [0.29, 0.717) is 5.88 Å². The van der Waals surface area contributed by atoms with Gasteiger partial charge in [-0.3, -0.25) is 0 Å². The summed E-state index contributed by atoms with van der Waals surface area (Å²) in [5, 5.41) is 0. The number of hydrogen-bond acceptors (Lipinski definition) is 1. The van der Waals surface area contributed by atoms with E-state index in [9.17, 15) is 0 Å². The van der Waals surface area contributed by atoms with Crippen molar-refractivity contribution in [1.82, 2.24) is 9.55 Å². The number of imidazole rings is 1. The van der Waals surface area contributed by atoms with Crippen LogP contribution in [0.25, 0.3) is 0 Å². The average molecular weight is 157 g/mol. The lowest BCUT2D eigenvalue weighted by Crippen LogP contribution is -1.98. The molecule has 0 aromatic carbocycles. The van der Waals surface area contributed by atoms with E-state index >= 15 is 0 Å². The van der Waals surface area contributed by atoms with E-state index in [1.165, 1.54) is 0 Å². The molecule has 0 N–H and O–H groups in total. The Morgan fingerprint density at radius 2 is 2.60 bits per heavy atom. The van der Waals surface area contributed by atoms with Crippen molar-refractivity contribution in [2.45, 2.75) is 12.4 Å². The van der Waals surface area contributed by atoms with Crippen molar-refractivity contribution in [2.75, 3.05) is 0 Å². The third kappa shape index (κ3) is 1.39. The molecule has 1 aromatic rings. The molecular weight excluding hydrogens is 148 g/mol. The molecule has 0 aliphatic heterocycles. The van der Waals surface area contributed by atoms with Crippen molar-refractivity contribution < 1.29 is 0 Å². The SMILES string of the molecule is C=CCn1ccnc1CCl. The van der Waals surface area contributed by atoms with Gasteiger partial charge in [0.15, 0.2) is 0 Å². The normalized spacial score (nSPS) is 9.70. The summed E-state index contributed by atoms with van der Waals surface area (Å²) in [5.41, 5.74) is 0. The van der Waals surface area contributed by atoms with Gasteiger partial charge in [-0.1, -0.05) is 6.08 Å². The largest absolute Gasteiger partial charge is 0.330 e. The van der Waals surface area contributed by atoms with E-state index in [4.69, 9.17) is 11.6 Å². The maximum absolute atomic E-state index is 5.59. The molecule has 2 nitrogen and oxygen atoms in total. The van der Waals surface area contributed by atoms with Crippen molar-refractivity contribution in [3.05, 3.63) is 30.9 Å². The van der Waals surface area contributed by atoms with Crippen LogP contribution in [0.5, 0.6) is 0 Å². The maximum atomic E-state index is 5.59. The maximum Gasteiger partial charge on any atom is 0.123 e. The predicted octanol–water partition coefficient (Wildman–Crippen LogP) is 1.81. The van der Waals surface area contributed by atoms with Gasteiger partial charge in [0.25, 0.3) is 0 Å². The van der Waals surface area contributed by atoms with Crippen molar-refractivity contribution in [1.29, 1.82) is 0 Å². The molecule has 0 saturated carbocycles. The Morgan fingerprint density at radius 1 is 1.80 bits per heavy atom. The number of nitrogens with zero attached hydrogens (tertiary/aromatic N) is 2. The second kappa shape index (κ2) is 3.42. The standard InChI is InChI=1S/C7H9ClN2/c1-2-4-10-5-3-9-7(10)6-8/h2-3,5H,1,4,6H2. The third-order valence-corrected chi connectivity index (χ3v) is 1.49. The van der Waals surface area contributed by atoms with Gasteiger partial charge in [0.1, 0.15) is 5.82 Å². The summed E-state index contributed by atoms with van der Waals surface area (Å²) in [5.74, 6) is 1.35. The molecule has 10 heavy (non-hydrogen) atoms. The number of alkyl halides is 1. The molecule has 54 valence electrons. The van der Waals surface area contributed by atoms with Crippen LogP contribution in [-0.4, -0.2) is 9.55 Å². The van der Waals surface area contributed by atoms with Gasteiger partial charge in [-0.25, -0.2) is 4.98 Å². The second-order valence-electron chi connectivity index (χ2n) is 1.92. The number of halogens is 1. The molecule has 0 saturated heterocycles. The van der Waals surface area contributed by atoms with Crippen molar-refractivity contribution in [2.24, 2.45) is 0 Å². The third-order valence-electron chi connectivity index (χ3n) is 1.25. The number of aromatic nitrogens is 2. The Hall–Kier alpha value is -0.760. The van der Waals surface area contributed by atoms with Gasteiger partial charge >= 0.3 is 0 Å². The van der Waals surface area contributed by atoms with Crippen LogP contribution >= 0.6 is 11.6 Å². The van der Waals surface area contributed by atoms with Gasteiger partial charge in [-0.15, -0.1) is 18.2 Å².